The van der Waals surface area contributed by atoms with Gasteiger partial charge in [0.05, 0.1) is 12.0 Å². The number of nitrogens with zero attached hydrogens (tertiary/aromatic N) is 2. The zero-order valence-corrected chi connectivity index (χ0v) is 12.0. The van der Waals surface area contributed by atoms with E-state index in [1.807, 2.05) is 0 Å². The topological polar surface area (TPSA) is 67.6 Å². The minimum atomic E-state index is -0.395. The van der Waals surface area contributed by atoms with E-state index in [0.717, 1.165) is 26.1 Å². The lowest BCUT2D eigenvalue weighted by Crippen LogP contribution is -2.35. The molecule has 0 bridgehead atoms. The van der Waals surface area contributed by atoms with E-state index < -0.39 is 4.92 Å². The molecular formula is C14H21N3O3. The summed E-state index contributed by atoms with van der Waals surface area (Å²) in [7, 11) is 3.56. The Balaban J connectivity index is 2.07. The van der Waals surface area contributed by atoms with E-state index in [2.05, 4.69) is 17.3 Å². The molecule has 0 saturated carbocycles. The fourth-order valence-corrected chi connectivity index (χ4v) is 2.71. The van der Waals surface area contributed by atoms with E-state index in [4.69, 9.17) is 4.74 Å². The fourth-order valence-electron chi connectivity index (χ4n) is 2.71. The van der Waals surface area contributed by atoms with Crippen LogP contribution in [0.25, 0.3) is 0 Å². The lowest BCUT2D eigenvalue weighted by atomic mass is 9.98. The van der Waals surface area contributed by atoms with Crippen molar-refractivity contribution in [3.8, 4) is 5.75 Å². The Morgan fingerprint density at radius 3 is 3.00 bits per heavy atom. The van der Waals surface area contributed by atoms with Gasteiger partial charge in [-0.25, -0.2) is 0 Å². The number of nitrogens with one attached hydrogen (secondary N) is 1. The van der Waals surface area contributed by atoms with Gasteiger partial charge < -0.3 is 15.0 Å². The monoisotopic (exact) mass is 279 g/mol. The van der Waals surface area contributed by atoms with E-state index in [-0.39, 0.29) is 5.69 Å². The molecule has 1 unspecified atom stereocenters. The number of piperidine rings is 1. The number of methoxy groups -OCH3 is 1. The van der Waals surface area contributed by atoms with Gasteiger partial charge in [-0.2, -0.15) is 0 Å². The van der Waals surface area contributed by atoms with Crippen molar-refractivity contribution in [2.45, 2.75) is 12.8 Å². The molecule has 0 spiro atoms. The summed E-state index contributed by atoms with van der Waals surface area (Å²) >= 11 is 0. The van der Waals surface area contributed by atoms with E-state index >= 15 is 0 Å². The molecule has 1 aromatic rings. The molecule has 20 heavy (non-hydrogen) atoms. The zero-order valence-electron chi connectivity index (χ0n) is 12.0. The lowest BCUT2D eigenvalue weighted by molar-refractivity contribution is -0.384. The molecule has 1 heterocycles. The highest BCUT2D eigenvalue weighted by Gasteiger charge is 2.22. The molecule has 6 nitrogen and oxygen atoms in total. The van der Waals surface area contributed by atoms with Gasteiger partial charge in [0.1, 0.15) is 5.69 Å². The highest BCUT2D eigenvalue weighted by Crippen LogP contribution is 2.34. The molecule has 1 saturated heterocycles. The molecule has 6 heteroatoms. The van der Waals surface area contributed by atoms with Gasteiger partial charge in [0.25, 0.3) is 0 Å². The number of benzene rings is 1. The maximum absolute atomic E-state index is 11.2. The van der Waals surface area contributed by atoms with Gasteiger partial charge in [-0.05, 0) is 44.5 Å². The molecule has 1 atom stereocenters. The van der Waals surface area contributed by atoms with Crippen LogP contribution in [0, 0.1) is 16.0 Å². The van der Waals surface area contributed by atoms with Gasteiger partial charge in [0.2, 0.25) is 0 Å². The van der Waals surface area contributed by atoms with Gasteiger partial charge in [-0.15, -0.1) is 0 Å². The van der Waals surface area contributed by atoms with Gasteiger partial charge >= 0.3 is 5.69 Å². The Bertz CT molecular complexity index is 479. The average Bonchev–Trinajstić information content (AvgIpc) is 2.44. The van der Waals surface area contributed by atoms with Gasteiger partial charge in [-0.3, -0.25) is 10.1 Å². The number of anilines is 1. The highest BCUT2D eigenvalue weighted by atomic mass is 16.6. The fraction of sp³-hybridized carbons (Fsp3) is 0.571. The van der Waals surface area contributed by atoms with Crippen LogP contribution in [0.2, 0.25) is 0 Å². The molecule has 0 aliphatic carbocycles. The van der Waals surface area contributed by atoms with E-state index in [1.54, 1.807) is 18.2 Å². The van der Waals surface area contributed by atoms with Crippen molar-refractivity contribution in [3.63, 3.8) is 0 Å². The standard InChI is InChI=1S/C14H21N3O3/c1-16-8-4-5-11(10-16)9-15-12-6-3-7-13(20-2)14(12)17(18)19/h3,6-7,11,15H,4-5,8-10H2,1-2H3. The first-order valence-corrected chi connectivity index (χ1v) is 6.85. The molecule has 110 valence electrons. The summed E-state index contributed by atoms with van der Waals surface area (Å²) in [6, 6.07) is 5.10. The Morgan fingerprint density at radius 2 is 2.35 bits per heavy atom. The number of ether oxygens (including phenoxy) is 1. The first-order chi connectivity index (χ1) is 9.61. The Morgan fingerprint density at radius 1 is 1.55 bits per heavy atom. The molecule has 0 radical (unpaired) electrons. The van der Waals surface area contributed by atoms with Crippen molar-refractivity contribution < 1.29 is 9.66 Å². The van der Waals surface area contributed by atoms with Crippen molar-refractivity contribution >= 4 is 11.4 Å². The Labute approximate surface area is 118 Å². The number of nitro benzene ring substituents is 1. The summed E-state index contributed by atoms with van der Waals surface area (Å²) in [6.07, 6.45) is 2.35. The molecule has 1 fully saturated rings. The van der Waals surface area contributed by atoms with Crippen molar-refractivity contribution in [2.75, 3.05) is 39.1 Å². The van der Waals surface area contributed by atoms with E-state index in [9.17, 15) is 10.1 Å². The number of para-hydroxylation sites is 1. The summed E-state index contributed by atoms with van der Waals surface area (Å²) < 4.78 is 5.07. The first kappa shape index (κ1) is 14.6. The second kappa shape index (κ2) is 6.56. The van der Waals surface area contributed by atoms with Crippen LogP contribution in [0.1, 0.15) is 12.8 Å². The Kier molecular flexibility index (Phi) is 4.79. The second-order valence-electron chi connectivity index (χ2n) is 5.26. The average molecular weight is 279 g/mol. The van der Waals surface area contributed by atoms with Crippen LogP contribution >= 0.6 is 0 Å². The maximum Gasteiger partial charge on any atom is 0.333 e. The minimum Gasteiger partial charge on any atom is -0.490 e. The number of rotatable bonds is 5. The SMILES string of the molecule is COc1cccc(NCC2CCCN(C)C2)c1[N+](=O)[O-]. The van der Waals surface area contributed by atoms with Crippen LogP contribution < -0.4 is 10.1 Å². The molecule has 1 aromatic carbocycles. The predicted molar refractivity (Wildman–Crippen MR) is 78.4 cm³/mol. The van der Waals surface area contributed by atoms with Crippen LogP contribution in [0.5, 0.6) is 5.75 Å². The lowest BCUT2D eigenvalue weighted by Gasteiger charge is -2.29. The zero-order chi connectivity index (χ0) is 14.5. The summed E-state index contributed by atoms with van der Waals surface area (Å²) in [5.41, 5.74) is 0.543. The predicted octanol–water partition coefficient (Wildman–Crippen LogP) is 2.36. The largest absolute Gasteiger partial charge is 0.490 e. The van der Waals surface area contributed by atoms with Crippen LogP contribution in [0.4, 0.5) is 11.4 Å². The smallest absolute Gasteiger partial charge is 0.333 e. The maximum atomic E-state index is 11.2. The third kappa shape index (κ3) is 3.39. The minimum absolute atomic E-state index is 0.0131. The Hall–Kier alpha value is -1.82. The van der Waals surface area contributed by atoms with Crippen molar-refractivity contribution in [2.24, 2.45) is 5.92 Å². The summed E-state index contributed by atoms with van der Waals surface area (Å²) in [5.74, 6) is 0.820. The van der Waals surface area contributed by atoms with Gasteiger partial charge in [-0.1, -0.05) is 6.07 Å². The molecule has 2 rings (SSSR count). The number of likely N-dealkylation sites (tertiary alicyclic amines) is 1. The van der Waals surface area contributed by atoms with Crippen LogP contribution in [-0.2, 0) is 0 Å². The van der Waals surface area contributed by atoms with Gasteiger partial charge in [0, 0.05) is 13.1 Å². The third-order valence-electron chi connectivity index (χ3n) is 3.70. The summed E-state index contributed by atoms with van der Waals surface area (Å²) in [4.78, 5) is 13.1. The second-order valence-corrected chi connectivity index (χ2v) is 5.26. The van der Waals surface area contributed by atoms with Crippen molar-refractivity contribution in [1.82, 2.24) is 4.90 Å². The molecule has 1 N–H and O–H groups in total. The van der Waals surface area contributed by atoms with Crippen LogP contribution in [0.15, 0.2) is 18.2 Å². The molecule has 0 aromatic heterocycles. The van der Waals surface area contributed by atoms with Crippen LogP contribution in [0.3, 0.4) is 0 Å². The molecular weight excluding hydrogens is 258 g/mol. The van der Waals surface area contributed by atoms with E-state index in [0.29, 0.717) is 17.4 Å². The van der Waals surface area contributed by atoms with Crippen LogP contribution in [-0.4, -0.2) is 43.6 Å². The van der Waals surface area contributed by atoms with Crippen molar-refractivity contribution in [1.29, 1.82) is 0 Å². The first-order valence-electron chi connectivity index (χ1n) is 6.85. The quantitative estimate of drug-likeness (QED) is 0.662. The number of nitro groups is 1. The number of hydrogen-bond acceptors (Lipinski definition) is 5. The molecule has 1 aliphatic heterocycles. The normalized spacial score (nSPS) is 19.6. The van der Waals surface area contributed by atoms with E-state index in [1.165, 1.54) is 13.5 Å². The highest BCUT2D eigenvalue weighted by molar-refractivity contribution is 5.68. The number of hydrogen-bond donors (Lipinski definition) is 1. The summed E-state index contributed by atoms with van der Waals surface area (Å²) in [6.45, 7) is 2.92. The van der Waals surface area contributed by atoms with Crippen molar-refractivity contribution in [3.05, 3.63) is 28.3 Å². The molecule has 0 amide bonds. The molecule has 1 aliphatic rings. The van der Waals surface area contributed by atoms with Gasteiger partial charge in [0.15, 0.2) is 5.75 Å². The summed E-state index contributed by atoms with van der Waals surface area (Å²) in [5, 5.41) is 14.4. The third-order valence-corrected chi connectivity index (χ3v) is 3.70.